The largest absolute Gasteiger partial charge is 0.256 e. The molecule has 0 fully saturated rings. The van der Waals surface area contributed by atoms with Gasteiger partial charge in [0.2, 0.25) is 0 Å². The number of allylic oxidation sites excluding steroid dienone is 6. The van der Waals surface area contributed by atoms with Gasteiger partial charge in [0, 0.05) is 27.9 Å². The summed E-state index contributed by atoms with van der Waals surface area (Å²) in [6.45, 7) is 4.65. The molecule has 0 unspecified atom stereocenters. The van der Waals surface area contributed by atoms with E-state index in [0.717, 1.165) is 78.1 Å². The van der Waals surface area contributed by atoms with Crippen LogP contribution >= 0.6 is 0 Å². The van der Waals surface area contributed by atoms with Crippen molar-refractivity contribution < 1.29 is 0 Å². The molecule has 0 radical (unpaired) electrons. The molecule has 2 aromatic heterocycles. The molecule has 0 saturated carbocycles. The van der Waals surface area contributed by atoms with Gasteiger partial charge in [-0.05, 0) is 120 Å². The van der Waals surface area contributed by atoms with Crippen LogP contribution in [-0.4, -0.2) is 9.97 Å². The lowest BCUT2D eigenvalue weighted by Gasteiger charge is -2.19. The van der Waals surface area contributed by atoms with Crippen LogP contribution in [0.5, 0.6) is 0 Å². The monoisotopic (exact) mass is 750 g/mol. The third-order valence-corrected chi connectivity index (χ3v) is 11.9. The Bertz CT molecular complexity index is 3410. The molecule has 276 valence electrons. The van der Waals surface area contributed by atoms with Crippen molar-refractivity contribution in [2.75, 3.05) is 0 Å². The number of rotatable bonds is 4. The molecule has 2 heterocycles. The fraction of sp³-hybridized carbons (Fsp3) is 0.0175. The SMILES string of the molecule is C=C1/C=C\C=C/Cc2ccccc2C=C1c1cc2c(-c3cc4ccccc4c4ccccc34)cc(-c3ccc(-c4ccnc5ccccc45)cc3)nc2c2ccccc12. The molecule has 0 N–H and O–H groups in total. The van der Waals surface area contributed by atoms with Crippen molar-refractivity contribution >= 4 is 65.8 Å². The molecule has 2 heteroatoms. The number of para-hydroxylation sites is 1. The molecule has 1 aliphatic rings. The summed E-state index contributed by atoms with van der Waals surface area (Å²) < 4.78 is 0. The highest BCUT2D eigenvalue weighted by Crippen LogP contribution is 2.44. The fourth-order valence-corrected chi connectivity index (χ4v) is 8.99. The molecule has 0 amide bonds. The minimum absolute atomic E-state index is 0.862. The van der Waals surface area contributed by atoms with E-state index in [0.29, 0.717) is 0 Å². The Labute approximate surface area is 343 Å². The number of benzene rings is 8. The summed E-state index contributed by atoms with van der Waals surface area (Å²) in [7, 11) is 0. The van der Waals surface area contributed by atoms with E-state index in [2.05, 4.69) is 206 Å². The quantitative estimate of drug-likeness (QED) is 0.167. The maximum Gasteiger partial charge on any atom is 0.0794 e. The van der Waals surface area contributed by atoms with Crippen molar-refractivity contribution in [1.82, 2.24) is 9.97 Å². The zero-order chi connectivity index (χ0) is 39.3. The third kappa shape index (κ3) is 6.05. The van der Waals surface area contributed by atoms with Crippen LogP contribution in [0.25, 0.3) is 99.3 Å². The first-order valence-corrected chi connectivity index (χ1v) is 20.2. The van der Waals surface area contributed by atoms with Crippen LogP contribution in [-0.2, 0) is 6.42 Å². The maximum absolute atomic E-state index is 5.58. The lowest BCUT2D eigenvalue weighted by atomic mass is 9.86. The Morgan fingerprint density at radius 3 is 1.98 bits per heavy atom. The first-order chi connectivity index (χ1) is 29.2. The summed E-state index contributed by atoms with van der Waals surface area (Å²) in [5.74, 6) is 0. The number of pyridine rings is 2. The van der Waals surface area contributed by atoms with Crippen LogP contribution in [0.2, 0.25) is 0 Å². The normalized spacial score (nSPS) is 14.1. The molecule has 0 aliphatic heterocycles. The molecule has 11 rings (SSSR count). The molecule has 8 aromatic carbocycles. The number of aromatic nitrogens is 2. The molecule has 0 bridgehead atoms. The van der Waals surface area contributed by atoms with Gasteiger partial charge in [-0.2, -0.15) is 0 Å². The van der Waals surface area contributed by atoms with E-state index in [1.807, 2.05) is 12.3 Å². The molecule has 2 nitrogen and oxygen atoms in total. The Balaban J connectivity index is 1.20. The zero-order valence-corrected chi connectivity index (χ0v) is 32.4. The molecule has 0 saturated heterocycles. The first-order valence-electron chi connectivity index (χ1n) is 20.2. The van der Waals surface area contributed by atoms with E-state index < -0.39 is 0 Å². The third-order valence-electron chi connectivity index (χ3n) is 11.9. The van der Waals surface area contributed by atoms with Gasteiger partial charge >= 0.3 is 0 Å². The predicted octanol–water partition coefficient (Wildman–Crippen LogP) is 15.0. The van der Waals surface area contributed by atoms with Gasteiger partial charge in [0.05, 0.1) is 16.7 Å². The fourth-order valence-electron chi connectivity index (χ4n) is 8.99. The van der Waals surface area contributed by atoms with Gasteiger partial charge in [-0.15, -0.1) is 0 Å². The van der Waals surface area contributed by atoms with E-state index in [-0.39, 0.29) is 0 Å². The molecule has 0 spiro atoms. The smallest absolute Gasteiger partial charge is 0.0794 e. The van der Waals surface area contributed by atoms with Crippen molar-refractivity contribution in [2.24, 2.45) is 0 Å². The lowest BCUT2D eigenvalue weighted by molar-refractivity contribution is 1.26. The molecular weight excluding hydrogens is 713 g/mol. The molecular formula is C57H38N2. The number of nitrogens with zero attached hydrogens (tertiary/aromatic N) is 2. The standard InChI is InChI=1S/C57H38N2/c1-37-15-3-2-4-16-38-17-5-6-18-41(38)33-50(37)52-35-54-53(51-34-42-19-7-8-20-43(42)45-21-9-10-22-46(45)51)36-56(59-57(54)49-25-12-11-23-47(49)52)40-29-27-39(28-30-40)44-31-32-58-55-26-14-13-24-48(44)55/h2-15,17-36H,1,16H2/b4-2-,15-3-,50-33?. The Morgan fingerprint density at radius 2 is 1.14 bits per heavy atom. The summed E-state index contributed by atoms with van der Waals surface area (Å²) >= 11 is 0. The molecule has 1 aliphatic carbocycles. The molecule has 0 atom stereocenters. The van der Waals surface area contributed by atoms with Crippen molar-refractivity contribution in [3.8, 4) is 33.5 Å². The Hall–Kier alpha value is -7.68. The zero-order valence-electron chi connectivity index (χ0n) is 32.4. The van der Waals surface area contributed by atoms with E-state index in [4.69, 9.17) is 4.98 Å². The van der Waals surface area contributed by atoms with E-state index >= 15 is 0 Å². The van der Waals surface area contributed by atoms with Crippen LogP contribution in [0, 0.1) is 0 Å². The summed E-state index contributed by atoms with van der Waals surface area (Å²) in [4.78, 5) is 10.2. The van der Waals surface area contributed by atoms with Gasteiger partial charge < -0.3 is 0 Å². The van der Waals surface area contributed by atoms with Crippen LogP contribution in [0.15, 0.2) is 213 Å². The van der Waals surface area contributed by atoms with Crippen molar-refractivity contribution in [2.45, 2.75) is 6.42 Å². The predicted molar refractivity (Wildman–Crippen MR) is 251 cm³/mol. The molecule has 59 heavy (non-hydrogen) atoms. The van der Waals surface area contributed by atoms with Crippen molar-refractivity contribution in [3.63, 3.8) is 0 Å². The van der Waals surface area contributed by atoms with Gasteiger partial charge in [-0.25, -0.2) is 4.98 Å². The second-order valence-electron chi connectivity index (χ2n) is 15.3. The highest BCUT2D eigenvalue weighted by atomic mass is 14.7. The number of hydrogen-bond donors (Lipinski definition) is 0. The number of fused-ring (bicyclic) bond motifs is 8. The van der Waals surface area contributed by atoms with Crippen molar-refractivity contribution in [3.05, 3.63) is 229 Å². The van der Waals surface area contributed by atoms with E-state index in [9.17, 15) is 0 Å². The average molecular weight is 751 g/mol. The Morgan fingerprint density at radius 1 is 0.475 bits per heavy atom. The van der Waals surface area contributed by atoms with Crippen molar-refractivity contribution in [1.29, 1.82) is 0 Å². The minimum atomic E-state index is 0.862. The van der Waals surface area contributed by atoms with Gasteiger partial charge in [0.1, 0.15) is 0 Å². The van der Waals surface area contributed by atoms with Crippen LogP contribution in [0.3, 0.4) is 0 Å². The summed E-state index contributed by atoms with van der Waals surface area (Å²) in [6.07, 6.45) is 13.7. The van der Waals surface area contributed by atoms with Gasteiger partial charge in [-0.3, -0.25) is 4.98 Å². The average Bonchev–Trinajstić information content (AvgIpc) is 3.30. The van der Waals surface area contributed by atoms with Gasteiger partial charge in [-0.1, -0.05) is 170 Å². The highest BCUT2D eigenvalue weighted by molar-refractivity contribution is 6.21. The summed E-state index contributed by atoms with van der Waals surface area (Å²) in [5.41, 5.74) is 14.3. The number of hydrogen-bond acceptors (Lipinski definition) is 2. The van der Waals surface area contributed by atoms with Gasteiger partial charge in [0.15, 0.2) is 0 Å². The maximum atomic E-state index is 5.58. The lowest BCUT2D eigenvalue weighted by Crippen LogP contribution is -1.97. The second-order valence-corrected chi connectivity index (χ2v) is 15.3. The van der Waals surface area contributed by atoms with Gasteiger partial charge in [0.25, 0.3) is 0 Å². The van der Waals surface area contributed by atoms with Crippen LogP contribution < -0.4 is 0 Å². The van der Waals surface area contributed by atoms with Crippen LogP contribution in [0.1, 0.15) is 16.7 Å². The van der Waals surface area contributed by atoms with E-state index in [1.54, 1.807) is 0 Å². The van der Waals surface area contributed by atoms with E-state index in [1.165, 1.54) is 43.8 Å². The topological polar surface area (TPSA) is 25.8 Å². The first kappa shape index (κ1) is 34.6. The second kappa shape index (κ2) is 14.4. The summed E-state index contributed by atoms with van der Waals surface area (Å²) in [5, 5.41) is 9.40. The van der Waals surface area contributed by atoms with Crippen LogP contribution in [0.4, 0.5) is 0 Å². The summed E-state index contributed by atoms with van der Waals surface area (Å²) in [6, 6.07) is 61.3. The highest BCUT2D eigenvalue weighted by Gasteiger charge is 2.20. The Kier molecular flexibility index (Phi) is 8.41. The minimum Gasteiger partial charge on any atom is -0.256 e. The molecule has 10 aromatic rings.